The van der Waals surface area contributed by atoms with Crippen molar-refractivity contribution in [3.8, 4) is 0 Å². The molecule has 0 saturated heterocycles. The first-order valence-electron chi connectivity index (χ1n) is 7.77. The van der Waals surface area contributed by atoms with Gasteiger partial charge in [0.15, 0.2) is 0 Å². The molecule has 1 aromatic heterocycles. The number of halogens is 2. The van der Waals surface area contributed by atoms with Crippen LogP contribution in [0.2, 0.25) is 10.0 Å². The van der Waals surface area contributed by atoms with Crippen LogP contribution >= 0.6 is 23.2 Å². The summed E-state index contributed by atoms with van der Waals surface area (Å²) in [4.78, 5) is -0.331. The van der Waals surface area contributed by atoms with Gasteiger partial charge in [-0.2, -0.15) is 0 Å². The van der Waals surface area contributed by atoms with Crippen molar-refractivity contribution in [3.63, 3.8) is 0 Å². The first-order valence-corrected chi connectivity index (χ1v) is 11.5. The normalized spacial score (nSPS) is 12.1. The minimum atomic E-state index is -4.07. The Morgan fingerprint density at radius 3 is 2.39 bits per heavy atom. The van der Waals surface area contributed by atoms with E-state index in [2.05, 4.69) is 9.44 Å². The third kappa shape index (κ3) is 4.86. The first kappa shape index (κ1) is 20.7. The molecule has 11 heteroatoms. The highest BCUT2D eigenvalue weighted by Crippen LogP contribution is 2.27. The molecule has 3 rings (SSSR count). The van der Waals surface area contributed by atoms with Gasteiger partial charge in [-0.1, -0.05) is 29.3 Å². The van der Waals surface area contributed by atoms with Crippen LogP contribution in [-0.4, -0.2) is 16.8 Å². The third-order valence-corrected chi connectivity index (χ3v) is 7.09. The summed E-state index contributed by atoms with van der Waals surface area (Å²) < 4.78 is 59.8. The van der Waals surface area contributed by atoms with Crippen molar-refractivity contribution in [2.45, 2.75) is 16.3 Å². The topological polar surface area (TPSA) is 105 Å². The Balaban J connectivity index is 1.84. The van der Waals surface area contributed by atoms with Gasteiger partial charge in [0.25, 0.3) is 10.0 Å². The van der Waals surface area contributed by atoms with Crippen LogP contribution in [0.15, 0.2) is 75.1 Å². The van der Waals surface area contributed by atoms with E-state index < -0.39 is 20.0 Å². The Labute approximate surface area is 172 Å². The molecule has 0 unspecified atom stereocenters. The zero-order valence-corrected chi connectivity index (χ0v) is 17.2. The van der Waals surface area contributed by atoms with Gasteiger partial charge < -0.3 is 4.42 Å². The molecule has 0 spiro atoms. The van der Waals surface area contributed by atoms with Gasteiger partial charge in [0, 0.05) is 5.02 Å². The molecule has 0 fully saturated rings. The summed E-state index contributed by atoms with van der Waals surface area (Å²) in [6.07, 6.45) is 1.43. The molecular weight excluding hydrogens is 447 g/mol. The van der Waals surface area contributed by atoms with Crippen LogP contribution < -0.4 is 9.44 Å². The number of rotatable bonds is 7. The maximum atomic E-state index is 12.6. The van der Waals surface area contributed by atoms with Crippen molar-refractivity contribution in [2.24, 2.45) is 0 Å². The van der Waals surface area contributed by atoms with Crippen LogP contribution in [0.25, 0.3) is 0 Å². The quantitative estimate of drug-likeness (QED) is 0.556. The fourth-order valence-corrected chi connectivity index (χ4v) is 5.13. The van der Waals surface area contributed by atoms with E-state index in [1.165, 1.54) is 48.7 Å². The van der Waals surface area contributed by atoms with Gasteiger partial charge in [-0.3, -0.25) is 4.72 Å². The van der Waals surface area contributed by atoms with Crippen LogP contribution in [0.4, 0.5) is 5.69 Å². The number of hydrogen-bond donors (Lipinski definition) is 2. The van der Waals surface area contributed by atoms with Crippen molar-refractivity contribution in [1.29, 1.82) is 0 Å². The second kappa shape index (κ2) is 8.14. The molecular formula is C17H14Cl2N2O5S2. The number of benzene rings is 2. The van der Waals surface area contributed by atoms with Crippen molar-refractivity contribution >= 4 is 48.9 Å². The van der Waals surface area contributed by atoms with Gasteiger partial charge in [-0.25, -0.2) is 21.6 Å². The van der Waals surface area contributed by atoms with Gasteiger partial charge in [0.1, 0.15) is 10.7 Å². The van der Waals surface area contributed by atoms with E-state index in [-0.39, 0.29) is 32.1 Å². The molecule has 7 nitrogen and oxygen atoms in total. The molecule has 0 radical (unpaired) electrons. The van der Waals surface area contributed by atoms with Crippen molar-refractivity contribution < 1.29 is 21.3 Å². The summed E-state index contributed by atoms with van der Waals surface area (Å²) in [5.41, 5.74) is 0.0527. The molecule has 0 aliphatic heterocycles. The smallest absolute Gasteiger partial charge is 0.263 e. The lowest BCUT2D eigenvalue weighted by Crippen LogP contribution is -2.23. The van der Waals surface area contributed by atoms with Crippen molar-refractivity contribution in [1.82, 2.24) is 4.72 Å². The van der Waals surface area contributed by atoms with E-state index in [1.54, 1.807) is 12.1 Å². The van der Waals surface area contributed by atoms with Gasteiger partial charge in [-0.05, 0) is 48.5 Å². The number of hydrogen-bond acceptors (Lipinski definition) is 5. The lowest BCUT2D eigenvalue weighted by atomic mass is 10.3. The standard InChI is InChI=1S/C17H14Cl2N2O5S2/c18-12-6-7-16(19)17(9-12)28(24,25)21-13-3-1-5-15(10-13)27(22,23)20-11-14-4-2-8-26-14/h1-10,20-21H,11H2. The van der Waals surface area contributed by atoms with Crippen molar-refractivity contribution in [3.05, 3.63) is 76.7 Å². The van der Waals surface area contributed by atoms with Gasteiger partial charge in [0.05, 0.1) is 28.4 Å². The lowest BCUT2D eigenvalue weighted by molar-refractivity contribution is 0.498. The zero-order valence-electron chi connectivity index (χ0n) is 14.1. The molecule has 148 valence electrons. The highest BCUT2D eigenvalue weighted by molar-refractivity contribution is 7.93. The number of furan rings is 1. The molecule has 0 bridgehead atoms. The van der Waals surface area contributed by atoms with Gasteiger partial charge >= 0.3 is 0 Å². The van der Waals surface area contributed by atoms with Crippen molar-refractivity contribution in [2.75, 3.05) is 4.72 Å². The van der Waals surface area contributed by atoms with E-state index in [0.29, 0.717) is 5.76 Å². The first-order chi connectivity index (χ1) is 13.2. The Bertz CT molecular complexity index is 1190. The predicted molar refractivity (Wildman–Crippen MR) is 106 cm³/mol. The van der Waals surface area contributed by atoms with Crippen LogP contribution in [0.3, 0.4) is 0 Å². The Morgan fingerprint density at radius 2 is 1.68 bits per heavy atom. The summed E-state index contributed by atoms with van der Waals surface area (Å²) in [5.74, 6) is 0.441. The molecule has 28 heavy (non-hydrogen) atoms. The minimum Gasteiger partial charge on any atom is -0.468 e. The molecule has 0 saturated carbocycles. The van der Waals surface area contributed by atoms with Crippen LogP contribution in [0.1, 0.15) is 5.76 Å². The second-order valence-corrected chi connectivity index (χ2v) is 9.87. The van der Waals surface area contributed by atoms with E-state index in [4.69, 9.17) is 27.6 Å². The largest absolute Gasteiger partial charge is 0.468 e. The van der Waals surface area contributed by atoms with E-state index >= 15 is 0 Å². The number of anilines is 1. The Kier molecular flexibility index (Phi) is 6.01. The number of nitrogens with one attached hydrogen (secondary N) is 2. The minimum absolute atomic E-state index is 0.0132. The van der Waals surface area contributed by atoms with Crippen LogP contribution in [-0.2, 0) is 26.6 Å². The predicted octanol–water partition coefficient (Wildman–Crippen LogP) is 3.87. The average Bonchev–Trinajstić information content (AvgIpc) is 3.15. The van der Waals surface area contributed by atoms with Gasteiger partial charge in [0.2, 0.25) is 10.0 Å². The molecule has 0 atom stereocenters. The highest BCUT2D eigenvalue weighted by Gasteiger charge is 2.20. The summed E-state index contributed by atoms with van der Waals surface area (Å²) in [6, 6.07) is 12.7. The average molecular weight is 461 g/mol. The van der Waals surface area contributed by atoms with Crippen LogP contribution in [0.5, 0.6) is 0 Å². The van der Waals surface area contributed by atoms with Crippen LogP contribution in [0, 0.1) is 0 Å². The summed E-state index contributed by atoms with van der Waals surface area (Å²) in [6.45, 7) is -0.0383. The summed E-state index contributed by atoms with van der Waals surface area (Å²) >= 11 is 11.8. The number of sulfonamides is 2. The Morgan fingerprint density at radius 1 is 0.893 bits per heavy atom. The third-order valence-electron chi connectivity index (χ3n) is 3.60. The maximum absolute atomic E-state index is 12.6. The zero-order chi connectivity index (χ0) is 20.4. The highest BCUT2D eigenvalue weighted by atomic mass is 35.5. The van der Waals surface area contributed by atoms with E-state index in [9.17, 15) is 16.8 Å². The van der Waals surface area contributed by atoms with E-state index in [1.807, 2.05) is 0 Å². The molecule has 2 N–H and O–H groups in total. The molecule has 0 aliphatic rings. The molecule has 3 aromatic rings. The van der Waals surface area contributed by atoms with E-state index in [0.717, 1.165) is 0 Å². The molecule has 0 aliphatic carbocycles. The Hall–Kier alpha value is -2.04. The molecule has 0 amide bonds. The fraction of sp³-hybridized carbons (Fsp3) is 0.0588. The maximum Gasteiger partial charge on any atom is 0.263 e. The lowest BCUT2D eigenvalue weighted by Gasteiger charge is -2.11. The summed E-state index contributed by atoms with van der Waals surface area (Å²) in [5, 5.41) is 0.184. The molecule has 1 heterocycles. The monoisotopic (exact) mass is 460 g/mol. The SMILES string of the molecule is O=S(=O)(NCc1ccco1)c1cccc(NS(=O)(=O)c2cc(Cl)ccc2Cl)c1. The van der Waals surface area contributed by atoms with Gasteiger partial charge in [-0.15, -0.1) is 0 Å². The second-order valence-electron chi connectivity index (χ2n) is 5.61. The fourth-order valence-electron chi connectivity index (χ4n) is 2.28. The molecule has 2 aromatic carbocycles. The summed E-state index contributed by atoms with van der Waals surface area (Å²) in [7, 11) is -7.96.